The van der Waals surface area contributed by atoms with Crippen LogP contribution in [0, 0.1) is 5.92 Å². The van der Waals surface area contributed by atoms with Gasteiger partial charge in [-0.3, -0.25) is 14.5 Å². The lowest BCUT2D eigenvalue weighted by atomic mass is 10.1. The van der Waals surface area contributed by atoms with Crippen LogP contribution in [0.25, 0.3) is 0 Å². The van der Waals surface area contributed by atoms with Crippen molar-refractivity contribution in [1.82, 2.24) is 10.2 Å². The van der Waals surface area contributed by atoms with Gasteiger partial charge in [0.25, 0.3) is 0 Å². The fraction of sp³-hybridized carbons (Fsp3) is 0.455. The van der Waals surface area contributed by atoms with Gasteiger partial charge in [-0.15, -0.1) is 23.1 Å². The predicted octanol–water partition coefficient (Wildman–Crippen LogP) is 3.39. The maximum absolute atomic E-state index is 12.7. The van der Waals surface area contributed by atoms with Crippen molar-refractivity contribution in [1.29, 1.82) is 0 Å². The molecule has 4 rings (SSSR count). The number of rotatable bonds is 6. The molecule has 0 saturated carbocycles. The van der Waals surface area contributed by atoms with Crippen molar-refractivity contribution in [2.75, 3.05) is 30.8 Å². The Morgan fingerprint density at radius 1 is 1.31 bits per heavy atom. The Hall–Kier alpha value is -1.83. The summed E-state index contributed by atoms with van der Waals surface area (Å²) in [5.74, 6) is -0.266. The predicted molar refractivity (Wildman–Crippen MR) is 120 cm³/mol. The third-order valence-corrected chi connectivity index (χ3v) is 7.68. The van der Waals surface area contributed by atoms with E-state index in [4.69, 9.17) is 0 Å². The summed E-state index contributed by atoms with van der Waals surface area (Å²) < 4.78 is 0. The molecule has 5 nitrogen and oxygen atoms in total. The Morgan fingerprint density at radius 2 is 2.10 bits per heavy atom. The number of benzene rings is 1. The minimum atomic E-state index is -0.278. The molecule has 1 fully saturated rings. The molecule has 1 N–H and O–H groups in total. The zero-order valence-corrected chi connectivity index (χ0v) is 18.5. The molecule has 1 aromatic carbocycles. The highest BCUT2D eigenvalue weighted by Gasteiger charge is 2.35. The number of thiophene rings is 1. The second-order valence-corrected chi connectivity index (χ2v) is 9.67. The summed E-state index contributed by atoms with van der Waals surface area (Å²) in [5, 5.41) is 5.25. The summed E-state index contributed by atoms with van der Waals surface area (Å²) in [7, 11) is 0. The summed E-state index contributed by atoms with van der Waals surface area (Å²) in [6, 6.07) is 10.4. The van der Waals surface area contributed by atoms with Crippen LogP contribution in [0.15, 0.2) is 40.6 Å². The molecule has 2 amide bonds. The van der Waals surface area contributed by atoms with Gasteiger partial charge in [0.2, 0.25) is 11.8 Å². The molecule has 3 heterocycles. The molecule has 0 spiro atoms. The third kappa shape index (κ3) is 4.52. The van der Waals surface area contributed by atoms with E-state index in [9.17, 15) is 9.59 Å². The van der Waals surface area contributed by atoms with Gasteiger partial charge < -0.3 is 10.2 Å². The van der Waals surface area contributed by atoms with E-state index in [1.807, 2.05) is 41.9 Å². The second kappa shape index (κ2) is 8.90. The third-order valence-electron chi connectivity index (χ3n) is 5.91. The molecule has 0 bridgehead atoms. The van der Waals surface area contributed by atoms with E-state index in [1.165, 1.54) is 10.4 Å². The van der Waals surface area contributed by atoms with Gasteiger partial charge in [0, 0.05) is 54.1 Å². The summed E-state index contributed by atoms with van der Waals surface area (Å²) in [6.07, 6.45) is 3.40. The molecule has 7 heteroatoms. The number of hydrogen-bond donors (Lipinski definition) is 1. The number of thioether (sulfide) groups is 1. The van der Waals surface area contributed by atoms with E-state index in [-0.39, 0.29) is 30.2 Å². The number of fused-ring (bicyclic) bond motifs is 1. The molecule has 1 aromatic heterocycles. The Morgan fingerprint density at radius 3 is 2.86 bits per heavy atom. The van der Waals surface area contributed by atoms with Crippen molar-refractivity contribution < 1.29 is 9.59 Å². The molecule has 2 aliphatic rings. The van der Waals surface area contributed by atoms with Crippen LogP contribution >= 0.6 is 23.1 Å². The number of hydrogen-bond acceptors (Lipinski definition) is 5. The van der Waals surface area contributed by atoms with Crippen LogP contribution in [0.1, 0.15) is 23.8 Å². The van der Waals surface area contributed by atoms with E-state index < -0.39 is 0 Å². The molecule has 0 unspecified atom stereocenters. The van der Waals surface area contributed by atoms with Crippen molar-refractivity contribution in [3.63, 3.8) is 0 Å². The van der Waals surface area contributed by atoms with Gasteiger partial charge in [-0.2, -0.15) is 0 Å². The Labute approximate surface area is 180 Å². The van der Waals surface area contributed by atoms with Crippen LogP contribution in [0.3, 0.4) is 0 Å². The number of carbonyl (C=O) groups excluding carboxylic acids is 2. The quantitative estimate of drug-likeness (QED) is 0.716. The van der Waals surface area contributed by atoms with E-state index in [0.29, 0.717) is 13.1 Å². The standard InChI is InChI=1S/C22H27N3O2S2/c1-15(24-9-7-20-16(13-24)8-10-29-20)12-23-22(27)17-11-21(26)25(14-17)18-3-5-19(28-2)6-4-18/h3-6,8,10,15,17H,7,9,11-14H2,1-2H3,(H,23,27)/t15-,17+/m0/s1. The van der Waals surface area contributed by atoms with Gasteiger partial charge in [0.1, 0.15) is 0 Å². The molecule has 154 valence electrons. The van der Waals surface area contributed by atoms with Gasteiger partial charge in [-0.1, -0.05) is 0 Å². The zero-order valence-electron chi connectivity index (χ0n) is 16.9. The summed E-state index contributed by atoms with van der Waals surface area (Å²) in [4.78, 5) is 32.0. The molecular formula is C22H27N3O2S2. The van der Waals surface area contributed by atoms with Crippen LogP contribution in [-0.4, -0.2) is 48.6 Å². The molecular weight excluding hydrogens is 402 g/mol. The topological polar surface area (TPSA) is 52.7 Å². The van der Waals surface area contributed by atoms with Crippen LogP contribution < -0.4 is 10.2 Å². The average Bonchev–Trinajstić information content (AvgIpc) is 3.37. The molecule has 0 aliphatic carbocycles. The molecule has 1 saturated heterocycles. The molecule has 2 atom stereocenters. The minimum absolute atomic E-state index is 0.0123. The van der Waals surface area contributed by atoms with Crippen molar-refractivity contribution >= 4 is 40.6 Å². The van der Waals surface area contributed by atoms with E-state index in [0.717, 1.165) is 30.1 Å². The lowest BCUT2D eigenvalue weighted by molar-refractivity contribution is -0.126. The van der Waals surface area contributed by atoms with Gasteiger partial charge in [0.05, 0.1) is 5.92 Å². The van der Waals surface area contributed by atoms with E-state index in [1.54, 1.807) is 16.7 Å². The Kier molecular flexibility index (Phi) is 6.27. The maximum Gasteiger partial charge on any atom is 0.227 e. The lowest BCUT2D eigenvalue weighted by Gasteiger charge is -2.32. The fourth-order valence-electron chi connectivity index (χ4n) is 4.06. The number of nitrogens with one attached hydrogen (secondary N) is 1. The van der Waals surface area contributed by atoms with E-state index in [2.05, 4.69) is 28.6 Å². The largest absolute Gasteiger partial charge is 0.354 e. The first-order valence-electron chi connectivity index (χ1n) is 10.1. The zero-order chi connectivity index (χ0) is 20.4. The van der Waals surface area contributed by atoms with Crippen molar-refractivity contribution in [2.45, 2.75) is 37.2 Å². The molecule has 2 aliphatic heterocycles. The number of amides is 2. The van der Waals surface area contributed by atoms with Crippen LogP contribution in [0.4, 0.5) is 5.69 Å². The van der Waals surface area contributed by atoms with Crippen molar-refractivity contribution in [2.24, 2.45) is 5.92 Å². The highest BCUT2D eigenvalue weighted by atomic mass is 32.2. The fourth-order valence-corrected chi connectivity index (χ4v) is 5.36. The van der Waals surface area contributed by atoms with Crippen LogP contribution in [0.5, 0.6) is 0 Å². The monoisotopic (exact) mass is 429 g/mol. The summed E-state index contributed by atoms with van der Waals surface area (Å²) in [6.45, 7) is 5.23. The van der Waals surface area contributed by atoms with Gasteiger partial charge in [0.15, 0.2) is 0 Å². The van der Waals surface area contributed by atoms with Crippen LogP contribution in [0.2, 0.25) is 0 Å². The summed E-state index contributed by atoms with van der Waals surface area (Å²) >= 11 is 3.51. The SMILES string of the molecule is CSc1ccc(N2C[C@H](C(=O)NC[C@H](C)N3CCc4sccc4C3)CC2=O)cc1. The smallest absolute Gasteiger partial charge is 0.227 e. The normalized spacial score (nSPS) is 20.6. The second-order valence-electron chi connectivity index (χ2n) is 7.79. The minimum Gasteiger partial charge on any atom is -0.354 e. The molecule has 0 radical (unpaired) electrons. The highest BCUT2D eigenvalue weighted by molar-refractivity contribution is 7.98. The van der Waals surface area contributed by atoms with E-state index >= 15 is 0 Å². The number of carbonyl (C=O) groups is 2. The lowest BCUT2D eigenvalue weighted by Crippen LogP contribution is -2.45. The number of nitrogens with zero attached hydrogens (tertiary/aromatic N) is 2. The average molecular weight is 430 g/mol. The van der Waals surface area contributed by atoms with Crippen molar-refractivity contribution in [3.8, 4) is 0 Å². The highest BCUT2D eigenvalue weighted by Crippen LogP contribution is 2.28. The first-order chi connectivity index (χ1) is 14.0. The van der Waals surface area contributed by atoms with Gasteiger partial charge in [-0.05, 0) is 60.9 Å². The van der Waals surface area contributed by atoms with Crippen LogP contribution in [-0.2, 0) is 22.6 Å². The molecule has 2 aromatic rings. The number of anilines is 1. The van der Waals surface area contributed by atoms with Gasteiger partial charge in [-0.25, -0.2) is 0 Å². The van der Waals surface area contributed by atoms with Gasteiger partial charge >= 0.3 is 0 Å². The first-order valence-corrected chi connectivity index (χ1v) is 12.2. The summed E-state index contributed by atoms with van der Waals surface area (Å²) in [5.41, 5.74) is 2.29. The maximum atomic E-state index is 12.7. The molecule has 29 heavy (non-hydrogen) atoms. The van der Waals surface area contributed by atoms with Crippen molar-refractivity contribution in [3.05, 3.63) is 46.2 Å². The Balaban J connectivity index is 1.29. The Bertz CT molecular complexity index is 880. The first kappa shape index (κ1) is 20.4.